The Morgan fingerprint density at radius 1 is 1.28 bits per heavy atom. The fourth-order valence-corrected chi connectivity index (χ4v) is 1.72. The van der Waals surface area contributed by atoms with Crippen LogP contribution in [0.15, 0.2) is 30.5 Å². The van der Waals surface area contributed by atoms with Gasteiger partial charge < -0.3 is 10.5 Å². The number of halogens is 2. The molecule has 0 bridgehead atoms. The Labute approximate surface area is 114 Å². The van der Waals surface area contributed by atoms with Crippen molar-refractivity contribution >= 4 is 28.9 Å². The molecule has 0 aliphatic rings. The third-order valence-electron chi connectivity index (χ3n) is 2.10. The predicted octanol–water partition coefficient (Wildman–Crippen LogP) is 3.63. The lowest BCUT2D eigenvalue weighted by atomic mass is 10.2. The van der Waals surface area contributed by atoms with Crippen LogP contribution in [0.5, 0.6) is 11.6 Å². The molecule has 0 amide bonds. The Balaban J connectivity index is 2.37. The van der Waals surface area contributed by atoms with Crippen LogP contribution in [0.2, 0.25) is 10.0 Å². The second kappa shape index (κ2) is 5.13. The molecule has 4 nitrogen and oxygen atoms in total. The Morgan fingerprint density at radius 2 is 2.06 bits per heavy atom. The Hall–Kier alpha value is -1.96. The lowest BCUT2D eigenvalue weighted by Crippen LogP contribution is -1.93. The number of pyridine rings is 1. The highest BCUT2D eigenvalue weighted by Gasteiger charge is 2.09. The van der Waals surface area contributed by atoms with Crippen LogP contribution in [0.3, 0.4) is 0 Å². The molecule has 6 heteroatoms. The molecule has 2 aromatic rings. The van der Waals surface area contributed by atoms with E-state index in [-0.39, 0.29) is 10.9 Å². The molecule has 0 saturated heterocycles. The molecule has 1 aromatic carbocycles. The molecule has 0 radical (unpaired) electrons. The van der Waals surface area contributed by atoms with E-state index in [2.05, 4.69) is 4.98 Å². The third kappa shape index (κ3) is 2.65. The van der Waals surface area contributed by atoms with Gasteiger partial charge in [0.1, 0.15) is 16.8 Å². The minimum Gasteiger partial charge on any atom is -0.436 e. The lowest BCUT2D eigenvalue weighted by molar-refractivity contribution is 0.462. The largest absolute Gasteiger partial charge is 0.436 e. The number of rotatable bonds is 2. The number of nitriles is 1. The highest BCUT2D eigenvalue weighted by Crippen LogP contribution is 2.31. The molecule has 18 heavy (non-hydrogen) atoms. The van der Waals surface area contributed by atoms with Crippen LogP contribution in [0.1, 0.15) is 5.56 Å². The normalized spacial score (nSPS) is 9.83. The van der Waals surface area contributed by atoms with Crippen molar-refractivity contribution in [3.63, 3.8) is 0 Å². The fraction of sp³-hybridized carbons (Fsp3) is 0. The van der Waals surface area contributed by atoms with Crippen molar-refractivity contribution < 1.29 is 4.74 Å². The molecule has 2 N–H and O–H groups in total. The van der Waals surface area contributed by atoms with Crippen LogP contribution in [0, 0.1) is 11.3 Å². The van der Waals surface area contributed by atoms with E-state index in [1.54, 1.807) is 12.1 Å². The molecule has 1 aromatic heterocycles. The molecular formula is C12H7Cl2N3O. The standard InChI is InChI=1S/C12H7Cl2N3O/c13-8-4-10(14)12(17-6-8)18-11-2-1-9(16)3-7(11)5-15/h1-4,6H,16H2. The molecule has 0 saturated carbocycles. The van der Waals surface area contributed by atoms with Crippen LogP contribution in [0.25, 0.3) is 0 Å². The van der Waals surface area contributed by atoms with Crippen molar-refractivity contribution in [2.45, 2.75) is 0 Å². The van der Waals surface area contributed by atoms with E-state index in [1.807, 2.05) is 6.07 Å². The minimum absolute atomic E-state index is 0.183. The van der Waals surface area contributed by atoms with E-state index >= 15 is 0 Å². The molecule has 0 spiro atoms. The number of nitrogens with two attached hydrogens (primary N) is 1. The smallest absolute Gasteiger partial charge is 0.238 e. The van der Waals surface area contributed by atoms with Crippen LogP contribution in [-0.4, -0.2) is 4.98 Å². The third-order valence-corrected chi connectivity index (χ3v) is 2.58. The van der Waals surface area contributed by atoms with E-state index < -0.39 is 0 Å². The SMILES string of the molecule is N#Cc1cc(N)ccc1Oc1ncc(Cl)cc1Cl. The van der Waals surface area contributed by atoms with Crippen molar-refractivity contribution in [2.75, 3.05) is 5.73 Å². The molecule has 90 valence electrons. The fourth-order valence-electron chi connectivity index (χ4n) is 1.31. The Bertz CT molecular complexity index is 638. The number of aromatic nitrogens is 1. The minimum atomic E-state index is 0.183. The number of benzene rings is 1. The van der Waals surface area contributed by atoms with E-state index in [1.165, 1.54) is 18.3 Å². The van der Waals surface area contributed by atoms with Crippen LogP contribution < -0.4 is 10.5 Å². The van der Waals surface area contributed by atoms with Gasteiger partial charge in [-0.15, -0.1) is 0 Å². The van der Waals surface area contributed by atoms with E-state index in [4.69, 9.17) is 38.9 Å². The van der Waals surface area contributed by atoms with Crippen LogP contribution >= 0.6 is 23.2 Å². The Kier molecular flexibility index (Phi) is 3.56. The second-order valence-electron chi connectivity index (χ2n) is 3.41. The predicted molar refractivity (Wildman–Crippen MR) is 69.9 cm³/mol. The maximum absolute atomic E-state index is 8.97. The van der Waals surface area contributed by atoms with E-state index in [0.717, 1.165) is 0 Å². The highest BCUT2D eigenvalue weighted by molar-refractivity contribution is 6.35. The zero-order valence-corrected chi connectivity index (χ0v) is 10.5. The summed E-state index contributed by atoms with van der Waals surface area (Å²) in [5.41, 5.74) is 6.37. The number of nitrogens with zero attached hydrogens (tertiary/aromatic N) is 2. The molecule has 0 fully saturated rings. The average molecular weight is 280 g/mol. The monoisotopic (exact) mass is 279 g/mol. The topological polar surface area (TPSA) is 71.9 Å². The first kappa shape index (κ1) is 12.5. The van der Waals surface area contributed by atoms with Crippen LogP contribution in [-0.2, 0) is 0 Å². The number of nitrogen functional groups attached to an aromatic ring is 1. The van der Waals surface area contributed by atoms with Crippen molar-refractivity contribution in [2.24, 2.45) is 0 Å². The number of anilines is 1. The summed E-state index contributed by atoms with van der Waals surface area (Å²) in [5.74, 6) is 0.519. The summed E-state index contributed by atoms with van der Waals surface area (Å²) in [5, 5.41) is 9.65. The summed E-state index contributed by atoms with van der Waals surface area (Å²) in [6.07, 6.45) is 1.41. The number of ether oxygens (including phenoxy) is 1. The molecule has 0 aliphatic heterocycles. The van der Waals surface area contributed by atoms with Gasteiger partial charge in [0.2, 0.25) is 5.88 Å². The maximum atomic E-state index is 8.97. The van der Waals surface area contributed by atoms with E-state index in [0.29, 0.717) is 22.0 Å². The zero-order chi connectivity index (χ0) is 13.1. The van der Waals surface area contributed by atoms with E-state index in [9.17, 15) is 0 Å². The molecule has 1 heterocycles. The van der Waals surface area contributed by atoms with Gasteiger partial charge in [-0.1, -0.05) is 23.2 Å². The van der Waals surface area contributed by atoms with Gasteiger partial charge in [-0.2, -0.15) is 5.26 Å². The highest BCUT2D eigenvalue weighted by atomic mass is 35.5. The van der Waals surface area contributed by atoms with Gasteiger partial charge in [-0.05, 0) is 24.3 Å². The van der Waals surface area contributed by atoms with Gasteiger partial charge >= 0.3 is 0 Å². The molecule has 0 atom stereocenters. The summed E-state index contributed by atoms with van der Waals surface area (Å²) >= 11 is 11.7. The molecule has 0 aliphatic carbocycles. The maximum Gasteiger partial charge on any atom is 0.238 e. The summed E-state index contributed by atoms with van der Waals surface area (Å²) < 4.78 is 5.46. The van der Waals surface area contributed by atoms with Crippen molar-refractivity contribution in [1.82, 2.24) is 4.98 Å². The van der Waals surface area contributed by atoms with Gasteiger partial charge in [-0.3, -0.25) is 0 Å². The zero-order valence-electron chi connectivity index (χ0n) is 9.02. The van der Waals surface area contributed by atoms with Gasteiger partial charge in [0.05, 0.1) is 10.6 Å². The number of hydrogen-bond acceptors (Lipinski definition) is 4. The summed E-state index contributed by atoms with van der Waals surface area (Å²) in [6, 6.07) is 8.22. The van der Waals surface area contributed by atoms with Crippen LogP contribution in [0.4, 0.5) is 5.69 Å². The van der Waals surface area contributed by atoms with Gasteiger partial charge in [-0.25, -0.2) is 4.98 Å². The number of hydrogen-bond donors (Lipinski definition) is 1. The quantitative estimate of drug-likeness (QED) is 0.852. The van der Waals surface area contributed by atoms with Gasteiger partial charge in [0.15, 0.2) is 0 Å². The first-order valence-electron chi connectivity index (χ1n) is 4.88. The molecular weight excluding hydrogens is 273 g/mol. The first-order valence-corrected chi connectivity index (χ1v) is 5.64. The average Bonchev–Trinajstić information content (AvgIpc) is 2.34. The molecule has 0 unspecified atom stereocenters. The van der Waals surface area contributed by atoms with Crippen molar-refractivity contribution in [3.05, 3.63) is 46.1 Å². The Morgan fingerprint density at radius 3 is 2.72 bits per heavy atom. The lowest BCUT2D eigenvalue weighted by Gasteiger charge is -2.08. The van der Waals surface area contributed by atoms with Gasteiger partial charge in [0, 0.05) is 11.9 Å². The van der Waals surface area contributed by atoms with Crippen molar-refractivity contribution in [1.29, 1.82) is 5.26 Å². The summed E-state index contributed by atoms with van der Waals surface area (Å²) in [6.45, 7) is 0. The second-order valence-corrected chi connectivity index (χ2v) is 4.25. The first-order chi connectivity index (χ1) is 8.60. The molecule has 2 rings (SSSR count). The summed E-state index contributed by atoms with van der Waals surface area (Å²) in [7, 11) is 0. The van der Waals surface area contributed by atoms with Crippen molar-refractivity contribution in [3.8, 4) is 17.7 Å². The summed E-state index contributed by atoms with van der Waals surface area (Å²) in [4.78, 5) is 3.94. The van der Waals surface area contributed by atoms with Gasteiger partial charge in [0.25, 0.3) is 0 Å².